The summed E-state index contributed by atoms with van der Waals surface area (Å²) in [5, 5.41) is 7.76. The summed E-state index contributed by atoms with van der Waals surface area (Å²) < 4.78 is 22.2. The molecule has 1 N–H and O–H groups in total. The summed E-state index contributed by atoms with van der Waals surface area (Å²) in [7, 11) is 0. The molecular weight excluding hydrogens is 334 g/mol. The lowest BCUT2D eigenvalue weighted by Gasteiger charge is -2.28. The molecule has 2 aliphatic heterocycles. The number of ether oxygens (including phenoxy) is 3. The van der Waals surface area contributed by atoms with E-state index in [1.54, 1.807) is 0 Å². The first-order valence-electron chi connectivity index (χ1n) is 9.24. The highest BCUT2D eigenvalue weighted by molar-refractivity contribution is 5.48. The Labute approximate surface area is 153 Å². The van der Waals surface area contributed by atoms with Crippen molar-refractivity contribution in [3.05, 3.63) is 35.5 Å². The van der Waals surface area contributed by atoms with Gasteiger partial charge in [0.25, 0.3) is 0 Å². The van der Waals surface area contributed by atoms with Crippen LogP contribution in [0.1, 0.15) is 55.9 Å². The highest BCUT2D eigenvalue weighted by atomic mass is 16.7. The maximum absolute atomic E-state index is 5.62. The Hall–Kier alpha value is -2.12. The van der Waals surface area contributed by atoms with E-state index in [1.165, 1.54) is 0 Å². The second-order valence-corrected chi connectivity index (χ2v) is 7.10. The van der Waals surface area contributed by atoms with Crippen molar-refractivity contribution in [2.45, 2.75) is 45.2 Å². The number of aromatic nitrogens is 2. The van der Waals surface area contributed by atoms with Crippen LogP contribution in [-0.2, 0) is 11.3 Å². The molecule has 0 aliphatic carbocycles. The molecule has 140 valence electrons. The zero-order valence-corrected chi connectivity index (χ0v) is 15.2. The van der Waals surface area contributed by atoms with E-state index in [0.29, 0.717) is 18.4 Å². The van der Waals surface area contributed by atoms with Crippen molar-refractivity contribution < 1.29 is 18.7 Å². The van der Waals surface area contributed by atoms with Crippen LogP contribution in [0.5, 0.6) is 11.5 Å². The first-order chi connectivity index (χ1) is 12.7. The van der Waals surface area contributed by atoms with E-state index >= 15 is 0 Å². The van der Waals surface area contributed by atoms with Gasteiger partial charge in [-0.1, -0.05) is 31.1 Å². The van der Waals surface area contributed by atoms with E-state index < -0.39 is 0 Å². The van der Waals surface area contributed by atoms with Crippen LogP contribution in [-0.4, -0.2) is 30.1 Å². The van der Waals surface area contributed by atoms with Gasteiger partial charge >= 0.3 is 0 Å². The van der Waals surface area contributed by atoms with Crippen LogP contribution in [0.2, 0.25) is 0 Å². The normalized spacial score (nSPS) is 18.4. The molecule has 7 heteroatoms. The number of nitrogens with one attached hydrogen (secondary N) is 1. The van der Waals surface area contributed by atoms with Gasteiger partial charge in [0.05, 0.1) is 6.04 Å². The highest BCUT2D eigenvalue weighted by Gasteiger charge is 2.30. The van der Waals surface area contributed by atoms with Crippen LogP contribution in [0, 0.1) is 5.92 Å². The van der Waals surface area contributed by atoms with E-state index in [0.717, 1.165) is 48.9 Å². The molecule has 7 nitrogen and oxygen atoms in total. The minimum absolute atomic E-state index is 0.00271. The Morgan fingerprint density at radius 1 is 1.19 bits per heavy atom. The fourth-order valence-corrected chi connectivity index (χ4v) is 3.46. The van der Waals surface area contributed by atoms with Crippen LogP contribution in [0.4, 0.5) is 0 Å². The summed E-state index contributed by atoms with van der Waals surface area (Å²) in [6.45, 7) is 6.59. The Morgan fingerprint density at radius 2 is 2.04 bits per heavy atom. The summed E-state index contributed by atoms with van der Waals surface area (Å²) in [5.41, 5.74) is 1.07. The molecule has 1 saturated heterocycles. The molecule has 1 aromatic carbocycles. The van der Waals surface area contributed by atoms with Crippen LogP contribution in [0.25, 0.3) is 0 Å². The lowest BCUT2D eigenvalue weighted by atomic mass is 9.91. The van der Waals surface area contributed by atoms with E-state index in [-0.39, 0.29) is 18.8 Å². The Balaban J connectivity index is 1.54. The van der Waals surface area contributed by atoms with Gasteiger partial charge in [-0.05, 0) is 24.8 Å². The quantitative estimate of drug-likeness (QED) is 0.848. The molecule has 2 aliphatic rings. The van der Waals surface area contributed by atoms with Gasteiger partial charge in [-0.2, -0.15) is 4.98 Å². The fraction of sp³-hybridized carbons (Fsp3) is 0.579. The third-order valence-corrected chi connectivity index (χ3v) is 4.97. The maximum Gasteiger partial charge on any atom is 0.244 e. The molecule has 0 unspecified atom stereocenters. The lowest BCUT2D eigenvalue weighted by molar-refractivity contribution is 0.0485. The van der Waals surface area contributed by atoms with Gasteiger partial charge in [-0.15, -0.1) is 0 Å². The molecule has 1 atom stereocenters. The van der Waals surface area contributed by atoms with Crippen LogP contribution in [0.3, 0.4) is 0 Å². The van der Waals surface area contributed by atoms with Gasteiger partial charge < -0.3 is 24.1 Å². The highest BCUT2D eigenvalue weighted by Crippen LogP contribution is 2.36. The average molecular weight is 359 g/mol. The zero-order valence-electron chi connectivity index (χ0n) is 15.2. The number of hydrogen-bond acceptors (Lipinski definition) is 7. The number of hydrogen-bond donors (Lipinski definition) is 1. The number of rotatable bonds is 6. The molecule has 26 heavy (non-hydrogen) atoms. The predicted octanol–water partition coefficient (Wildman–Crippen LogP) is 3.18. The molecule has 0 bridgehead atoms. The van der Waals surface area contributed by atoms with Crippen molar-refractivity contribution in [1.82, 2.24) is 15.5 Å². The van der Waals surface area contributed by atoms with Crippen molar-refractivity contribution >= 4 is 0 Å². The number of para-hydroxylation sites is 1. The molecule has 2 aromatic rings. The van der Waals surface area contributed by atoms with E-state index in [2.05, 4.69) is 35.4 Å². The van der Waals surface area contributed by atoms with E-state index in [9.17, 15) is 0 Å². The summed E-state index contributed by atoms with van der Waals surface area (Å²) in [6.07, 6.45) is 1.95. The molecule has 0 radical (unpaired) electrons. The SMILES string of the molecule is CC(C)c1noc([C@@H](NCc2cccc3c2OCO3)C2CCOCC2)n1. The number of fused-ring (bicyclic) bond motifs is 1. The van der Waals surface area contributed by atoms with Crippen LogP contribution < -0.4 is 14.8 Å². The van der Waals surface area contributed by atoms with Crippen molar-refractivity contribution in [3.63, 3.8) is 0 Å². The number of benzene rings is 1. The zero-order chi connectivity index (χ0) is 17.9. The lowest BCUT2D eigenvalue weighted by Crippen LogP contribution is -2.32. The average Bonchev–Trinajstić information content (AvgIpc) is 3.33. The molecule has 0 amide bonds. The Bertz CT molecular complexity index is 740. The van der Waals surface area contributed by atoms with Crippen molar-refractivity contribution in [1.29, 1.82) is 0 Å². The van der Waals surface area contributed by atoms with Crippen molar-refractivity contribution in [3.8, 4) is 11.5 Å². The predicted molar refractivity (Wildman–Crippen MR) is 94.1 cm³/mol. The van der Waals surface area contributed by atoms with Gasteiger partial charge in [0, 0.05) is 31.2 Å². The molecule has 1 aromatic heterocycles. The maximum atomic E-state index is 5.62. The largest absolute Gasteiger partial charge is 0.454 e. The van der Waals surface area contributed by atoms with Gasteiger partial charge in [-0.25, -0.2) is 0 Å². The standard InChI is InChI=1S/C19H25N3O4/c1-12(2)18-21-19(26-22-18)16(13-6-8-23-9-7-13)20-10-14-4-3-5-15-17(14)25-11-24-15/h3-5,12-13,16,20H,6-11H2,1-2H3/t16-/m0/s1. The van der Waals surface area contributed by atoms with Crippen molar-refractivity contribution in [2.75, 3.05) is 20.0 Å². The second kappa shape index (κ2) is 7.63. The topological polar surface area (TPSA) is 78.6 Å². The Kier molecular flexibility index (Phi) is 5.08. The van der Waals surface area contributed by atoms with Gasteiger partial charge in [0.2, 0.25) is 12.7 Å². The molecular formula is C19H25N3O4. The molecule has 4 rings (SSSR count). The summed E-state index contributed by atoms with van der Waals surface area (Å²) in [5.74, 6) is 3.66. The van der Waals surface area contributed by atoms with Crippen molar-refractivity contribution in [2.24, 2.45) is 5.92 Å². The minimum Gasteiger partial charge on any atom is -0.454 e. The summed E-state index contributed by atoms with van der Waals surface area (Å²) >= 11 is 0. The Morgan fingerprint density at radius 3 is 2.81 bits per heavy atom. The third-order valence-electron chi connectivity index (χ3n) is 4.97. The summed E-state index contributed by atoms with van der Waals surface area (Å²) in [4.78, 5) is 4.63. The third kappa shape index (κ3) is 3.54. The summed E-state index contributed by atoms with van der Waals surface area (Å²) in [6, 6.07) is 5.96. The first kappa shape index (κ1) is 17.3. The molecule has 0 saturated carbocycles. The molecule has 3 heterocycles. The van der Waals surface area contributed by atoms with E-state index in [1.807, 2.05) is 12.1 Å². The molecule has 1 fully saturated rings. The smallest absolute Gasteiger partial charge is 0.244 e. The second-order valence-electron chi connectivity index (χ2n) is 7.10. The first-order valence-corrected chi connectivity index (χ1v) is 9.24. The minimum atomic E-state index is -0.00271. The number of nitrogens with zero attached hydrogens (tertiary/aromatic N) is 2. The fourth-order valence-electron chi connectivity index (χ4n) is 3.46. The van der Waals surface area contributed by atoms with Gasteiger partial charge in [0.1, 0.15) is 0 Å². The van der Waals surface area contributed by atoms with E-state index in [4.69, 9.17) is 18.7 Å². The van der Waals surface area contributed by atoms with Gasteiger partial charge in [0.15, 0.2) is 17.3 Å². The monoisotopic (exact) mass is 359 g/mol. The van der Waals surface area contributed by atoms with Crippen LogP contribution in [0.15, 0.2) is 22.7 Å². The van der Waals surface area contributed by atoms with Gasteiger partial charge in [-0.3, -0.25) is 0 Å². The van der Waals surface area contributed by atoms with Crippen LogP contribution >= 0.6 is 0 Å². The molecule has 0 spiro atoms.